The van der Waals surface area contributed by atoms with Crippen LogP contribution in [0.5, 0.6) is 0 Å². The highest BCUT2D eigenvalue weighted by Crippen LogP contribution is 2.14. The molecule has 1 aromatic rings. The first-order valence-corrected chi connectivity index (χ1v) is 6.36. The van der Waals surface area contributed by atoms with Crippen LogP contribution in [0.2, 0.25) is 0 Å². The summed E-state index contributed by atoms with van der Waals surface area (Å²) in [7, 11) is 0. The Morgan fingerprint density at radius 3 is 2.71 bits per heavy atom. The van der Waals surface area contributed by atoms with E-state index in [1.165, 1.54) is 6.42 Å². The minimum Gasteiger partial charge on any atom is -0.396 e. The van der Waals surface area contributed by atoms with Crippen molar-refractivity contribution >= 4 is 11.5 Å². The molecule has 4 heteroatoms. The Morgan fingerprint density at radius 1 is 1.29 bits per heavy atom. The molecule has 1 heterocycles. The summed E-state index contributed by atoms with van der Waals surface area (Å²) in [5, 5.41) is 3.30. The molecule has 0 saturated heterocycles. The molecule has 0 aliphatic carbocycles. The van der Waals surface area contributed by atoms with Crippen LogP contribution in [0.1, 0.15) is 26.0 Å². The highest BCUT2D eigenvalue weighted by atomic mass is 15.1. The molecule has 0 unspecified atom stereocenters. The summed E-state index contributed by atoms with van der Waals surface area (Å²) in [6.45, 7) is 10.5. The molecule has 0 amide bonds. The number of rotatable bonds is 7. The molecule has 1 rings (SSSR count). The Morgan fingerprint density at radius 2 is 2.06 bits per heavy atom. The van der Waals surface area contributed by atoms with Crippen molar-refractivity contribution in [2.45, 2.75) is 27.2 Å². The average Bonchev–Trinajstić information content (AvgIpc) is 2.32. The van der Waals surface area contributed by atoms with E-state index in [2.05, 4.69) is 29.0 Å². The van der Waals surface area contributed by atoms with Crippen molar-refractivity contribution in [3.05, 3.63) is 17.8 Å². The number of nitrogen functional groups attached to an aromatic ring is 1. The number of pyridine rings is 1. The van der Waals surface area contributed by atoms with E-state index in [0.717, 1.165) is 37.7 Å². The molecule has 1 aromatic heterocycles. The zero-order valence-electron chi connectivity index (χ0n) is 11.2. The van der Waals surface area contributed by atoms with Gasteiger partial charge in [0.05, 0.1) is 5.69 Å². The van der Waals surface area contributed by atoms with E-state index in [1.807, 2.05) is 19.1 Å². The first-order chi connectivity index (χ1) is 8.17. The quantitative estimate of drug-likeness (QED) is 0.761. The number of hydrogen-bond donors (Lipinski definition) is 2. The van der Waals surface area contributed by atoms with Crippen LogP contribution < -0.4 is 11.1 Å². The third kappa shape index (κ3) is 4.61. The molecule has 0 spiro atoms. The number of nitrogens with one attached hydrogen (secondary N) is 1. The topological polar surface area (TPSA) is 54.2 Å². The Balaban J connectivity index is 2.42. The number of anilines is 2. The van der Waals surface area contributed by atoms with Crippen LogP contribution in [0.4, 0.5) is 11.5 Å². The SMILES string of the molecule is CCCN(CC)CCNc1nc(C)ccc1N. The van der Waals surface area contributed by atoms with Gasteiger partial charge in [-0.15, -0.1) is 0 Å². The normalized spacial score (nSPS) is 10.8. The maximum absolute atomic E-state index is 5.86. The summed E-state index contributed by atoms with van der Waals surface area (Å²) in [4.78, 5) is 6.80. The van der Waals surface area contributed by atoms with Gasteiger partial charge in [0.1, 0.15) is 5.82 Å². The number of nitrogens with two attached hydrogens (primary N) is 1. The molecule has 0 aliphatic heterocycles. The second kappa shape index (κ2) is 7.12. The molecule has 0 aliphatic rings. The van der Waals surface area contributed by atoms with Crippen molar-refractivity contribution in [2.75, 3.05) is 37.2 Å². The number of nitrogens with zero attached hydrogens (tertiary/aromatic N) is 2. The second-order valence-corrected chi connectivity index (χ2v) is 4.25. The van der Waals surface area contributed by atoms with Crippen LogP contribution in [0.25, 0.3) is 0 Å². The fourth-order valence-electron chi connectivity index (χ4n) is 1.79. The lowest BCUT2D eigenvalue weighted by Crippen LogP contribution is -2.29. The molecular weight excluding hydrogens is 212 g/mol. The zero-order chi connectivity index (χ0) is 12.7. The number of hydrogen-bond acceptors (Lipinski definition) is 4. The summed E-state index contributed by atoms with van der Waals surface area (Å²) >= 11 is 0. The molecule has 96 valence electrons. The molecule has 17 heavy (non-hydrogen) atoms. The van der Waals surface area contributed by atoms with Gasteiger partial charge >= 0.3 is 0 Å². The third-order valence-electron chi connectivity index (χ3n) is 2.77. The molecule has 0 fully saturated rings. The fourth-order valence-corrected chi connectivity index (χ4v) is 1.79. The molecule has 0 radical (unpaired) electrons. The van der Waals surface area contributed by atoms with Crippen molar-refractivity contribution in [3.8, 4) is 0 Å². The van der Waals surface area contributed by atoms with Gasteiger partial charge in [0.2, 0.25) is 0 Å². The molecular formula is C13H24N4. The lowest BCUT2D eigenvalue weighted by Gasteiger charge is -2.20. The Bertz CT molecular complexity index is 338. The van der Waals surface area contributed by atoms with E-state index in [1.54, 1.807) is 0 Å². The van der Waals surface area contributed by atoms with E-state index in [4.69, 9.17) is 5.73 Å². The molecule has 3 N–H and O–H groups in total. The van der Waals surface area contributed by atoms with Crippen LogP contribution in [-0.2, 0) is 0 Å². The first-order valence-electron chi connectivity index (χ1n) is 6.36. The van der Waals surface area contributed by atoms with E-state index in [-0.39, 0.29) is 0 Å². The maximum Gasteiger partial charge on any atom is 0.149 e. The second-order valence-electron chi connectivity index (χ2n) is 4.25. The van der Waals surface area contributed by atoms with E-state index < -0.39 is 0 Å². The summed E-state index contributed by atoms with van der Waals surface area (Å²) < 4.78 is 0. The van der Waals surface area contributed by atoms with Gasteiger partial charge in [-0.25, -0.2) is 4.98 Å². The smallest absolute Gasteiger partial charge is 0.149 e. The lowest BCUT2D eigenvalue weighted by atomic mass is 10.3. The van der Waals surface area contributed by atoms with E-state index in [0.29, 0.717) is 5.69 Å². The summed E-state index contributed by atoms with van der Waals surface area (Å²) in [6.07, 6.45) is 1.19. The fraction of sp³-hybridized carbons (Fsp3) is 0.615. The largest absolute Gasteiger partial charge is 0.396 e. The monoisotopic (exact) mass is 236 g/mol. The molecule has 0 saturated carbocycles. The van der Waals surface area contributed by atoms with Gasteiger partial charge in [-0.1, -0.05) is 13.8 Å². The average molecular weight is 236 g/mol. The molecule has 0 aromatic carbocycles. The molecule has 0 atom stereocenters. The van der Waals surface area contributed by atoms with Gasteiger partial charge < -0.3 is 16.0 Å². The third-order valence-corrected chi connectivity index (χ3v) is 2.77. The van der Waals surface area contributed by atoms with Crippen LogP contribution in [0, 0.1) is 6.92 Å². The molecule has 4 nitrogen and oxygen atoms in total. The van der Waals surface area contributed by atoms with Crippen molar-refractivity contribution < 1.29 is 0 Å². The van der Waals surface area contributed by atoms with Crippen molar-refractivity contribution in [2.24, 2.45) is 0 Å². The Kier molecular flexibility index (Phi) is 5.77. The summed E-state index contributed by atoms with van der Waals surface area (Å²) in [6, 6.07) is 3.82. The van der Waals surface area contributed by atoms with Crippen molar-refractivity contribution in [1.82, 2.24) is 9.88 Å². The number of aromatic nitrogens is 1. The minimum absolute atomic E-state index is 0.717. The van der Waals surface area contributed by atoms with Crippen LogP contribution in [0.15, 0.2) is 12.1 Å². The predicted molar refractivity (Wildman–Crippen MR) is 74.3 cm³/mol. The highest BCUT2D eigenvalue weighted by molar-refractivity contribution is 5.61. The maximum atomic E-state index is 5.86. The Hall–Kier alpha value is -1.29. The van der Waals surface area contributed by atoms with Crippen LogP contribution >= 0.6 is 0 Å². The van der Waals surface area contributed by atoms with Crippen LogP contribution in [-0.4, -0.2) is 36.1 Å². The Labute approximate surface area is 104 Å². The standard InChI is InChI=1S/C13H24N4/c1-4-9-17(5-2)10-8-15-13-12(14)7-6-11(3)16-13/h6-7H,4-5,8-10,14H2,1-3H3,(H,15,16). The van der Waals surface area contributed by atoms with Crippen molar-refractivity contribution in [3.63, 3.8) is 0 Å². The van der Waals surface area contributed by atoms with Gasteiger partial charge in [0.25, 0.3) is 0 Å². The van der Waals surface area contributed by atoms with Gasteiger partial charge in [0, 0.05) is 18.8 Å². The zero-order valence-corrected chi connectivity index (χ0v) is 11.2. The van der Waals surface area contributed by atoms with Crippen molar-refractivity contribution in [1.29, 1.82) is 0 Å². The summed E-state index contributed by atoms with van der Waals surface area (Å²) in [5.41, 5.74) is 7.56. The number of aryl methyl sites for hydroxylation is 1. The first kappa shape index (κ1) is 13.8. The lowest BCUT2D eigenvalue weighted by molar-refractivity contribution is 0.300. The van der Waals surface area contributed by atoms with Gasteiger partial charge in [0.15, 0.2) is 0 Å². The van der Waals surface area contributed by atoms with Gasteiger partial charge in [-0.05, 0) is 38.6 Å². The van der Waals surface area contributed by atoms with E-state index in [9.17, 15) is 0 Å². The molecule has 0 bridgehead atoms. The summed E-state index contributed by atoms with van der Waals surface area (Å²) in [5.74, 6) is 0.803. The van der Waals surface area contributed by atoms with Gasteiger partial charge in [-0.2, -0.15) is 0 Å². The highest BCUT2D eigenvalue weighted by Gasteiger charge is 2.03. The minimum atomic E-state index is 0.717. The van der Waals surface area contributed by atoms with Gasteiger partial charge in [-0.3, -0.25) is 0 Å². The predicted octanol–water partition coefficient (Wildman–Crippen LogP) is 2.12. The van der Waals surface area contributed by atoms with Crippen LogP contribution in [0.3, 0.4) is 0 Å². The number of likely N-dealkylation sites (N-methyl/N-ethyl adjacent to an activating group) is 1. The van der Waals surface area contributed by atoms with E-state index >= 15 is 0 Å².